The second-order valence-electron chi connectivity index (χ2n) is 6.58. The Labute approximate surface area is 124 Å². The van der Waals surface area contributed by atoms with Crippen molar-refractivity contribution < 1.29 is 19.7 Å². The molecule has 1 aliphatic rings. The van der Waals surface area contributed by atoms with E-state index in [-0.39, 0.29) is 23.7 Å². The lowest BCUT2D eigenvalue weighted by Crippen LogP contribution is -2.17. The van der Waals surface area contributed by atoms with E-state index in [1.54, 1.807) is 12.1 Å². The first-order chi connectivity index (χ1) is 9.77. The molecule has 4 N–H and O–H groups in total. The highest BCUT2D eigenvalue weighted by atomic mass is 16.5. The minimum atomic E-state index is -0.949. The number of phenolic OH excluding ortho intramolecular Hbond substituents is 1. The summed E-state index contributed by atoms with van der Waals surface area (Å²) in [5.41, 5.74) is 6.76. The standard InChI is InChI=1S/C16H23NO4/c1-16(2)6-5-11(9-16)21-14-7-10(3-4-13(14)18)12(17)8-15(19)20/h3-4,7,11-12,18H,5-6,8-9,17H2,1-2H3,(H,19,20). The molecule has 1 fully saturated rings. The molecule has 0 saturated heterocycles. The van der Waals surface area contributed by atoms with Crippen molar-refractivity contribution in [3.63, 3.8) is 0 Å². The molecule has 0 radical (unpaired) electrons. The third-order valence-corrected chi connectivity index (χ3v) is 4.02. The highest BCUT2D eigenvalue weighted by molar-refractivity contribution is 5.68. The number of benzene rings is 1. The molecule has 5 nitrogen and oxygen atoms in total. The third kappa shape index (κ3) is 4.11. The van der Waals surface area contributed by atoms with Crippen molar-refractivity contribution in [1.82, 2.24) is 0 Å². The second kappa shape index (κ2) is 5.93. The van der Waals surface area contributed by atoms with E-state index in [9.17, 15) is 9.90 Å². The van der Waals surface area contributed by atoms with Crippen LogP contribution in [0.2, 0.25) is 0 Å². The Bertz CT molecular complexity index is 527. The quantitative estimate of drug-likeness (QED) is 0.776. The van der Waals surface area contributed by atoms with E-state index in [4.69, 9.17) is 15.6 Å². The van der Waals surface area contributed by atoms with E-state index in [0.29, 0.717) is 11.3 Å². The Balaban J connectivity index is 2.10. The molecule has 0 aliphatic heterocycles. The van der Waals surface area contributed by atoms with Gasteiger partial charge in [-0.3, -0.25) is 4.79 Å². The summed E-state index contributed by atoms with van der Waals surface area (Å²) in [4.78, 5) is 10.7. The Hall–Kier alpha value is -1.75. The maximum absolute atomic E-state index is 10.7. The number of hydrogen-bond donors (Lipinski definition) is 3. The molecule has 2 atom stereocenters. The molecule has 2 unspecified atom stereocenters. The Morgan fingerprint density at radius 2 is 2.24 bits per heavy atom. The number of aliphatic carboxylic acids is 1. The molecule has 5 heteroatoms. The van der Waals surface area contributed by atoms with Gasteiger partial charge in [0.15, 0.2) is 11.5 Å². The normalized spacial score (nSPS) is 22.0. The molecular formula is C16H23NO4. The van der Waals surface area contributed by atoms with Gasteiger partial charge in [0.25, 0.3) is 0 Å². The molecular weight excluding hydrogens is 270 g/mol. The number of hydrogen-bond acceptors (Lipinski definition) is 4. The van der Waals surface area contributed by atoms with Crippen LogP contribution in [0.4, 0.5) is 0 Å². The number of carbonyl (C=O) groups is 1. The zero-order chi connectivity index (χ0) is 15.6. The van der Waals surface area contributed by atoms with Gasteiger partial charge < -0.3 is 20.7 Å². The number of phenols is 1. The fourth-order valence-corrected chi connectivity index (χ4v) is 2.81. The number of carboxylic acids is 1. The first-order valence-corrected chi connectivity index (χ1v) is 7.24. The van der Waals surface area contributed by atoms with E-state index in [1.807, 2.05) is 0 Å². The summed E-state index contributed by atoms with van der Waals surface area (Å²) < 4.78 is 5.88. The van der Waals surface area contributed by atoms with Gasteiger partial charge in [-0.15, -0.1) is 0 Å². The minimum Gasteiger partial charge on any atom is -0.504 e. The summed E-state index contributed by atoms with van der Waals surface area (Å²) >= 11 is 0. The van der Waals surface area contributed by atoms with Gasteiger partial charge in [0, 0.05) is 6.04 Å². The van der Waals surface area contributed by atoms with Gasteiger partial charge in [0.05, 0.1) is 12.5 Å². The topological polar surface area (TPSA) is 92.8 Å². The number of nitrogens with two attached hydrogens (primary N) is 1. The van der Waals surface area contributed by atoms with Crippen LogP contribution in [0.3, 0.4) is 0 Å². The lowest BCUT2D eigenvalue weighted by molar-refractivity contribution is -0.137. The highest BCUT2D eigenvalue weighted by Crippen LogP contribution is 2.40. The van der Waals surface area contributed by atoms with Crippen LogP contribution < -0.4 is 10.5 Å². The van der Waals surface area contributed by atoms with Crippen molar-refractivity contribution in [2.75, 3.05) is 0 Å². The van der Waals surface area contributed by atoms with Gasteiger partial charge in [0.1, 0.15) is 0 Å². The Morgan fingerprint density at radius 3 is 2.81 bits per heavy atom. The van der Waals surface area contributed by atoms with E-state index < -0.39 is 12.0 Å². The lowest BCUT2D eigenvalue weighted by atomic mass is 9.92. The van der Waals surface area contributed by atoms with Crippen molar-refractivity contribution in [2.24, 2.45) is 11.1 Å². The lowest BCUT2D eigenvalue weighted by Gasteiger charge is -2.19. The van der Waals surface area contributed by atoms with Gasteiger partial charge in [-0.2, -0.15) is 0 Å². The fourth-order valence-electron chi connectivity index (χ4n) is 2.81. The summed E-state index contributed by atoms with van der Waals surface area (Å²) in [7, 11) is 0. The van der Waals surface area contributed by atoms with Crippen LogP contribution in [0.25, 0.3) is 0 Å². The van der Waals surface area contributed by atoms with Gasteiger partial charge in [0.2, 0.25) is 0 Å². The number of ether oxygens (including phenoxy) is 1. The van der Waals surface area contributed by atoms with Crippen LogP contribution in [0, 0.1) is 5.41 Å². The second-order valence-corrected chi connectivity index (χ2v) is 6.58. The molecule has 1 aliphatic carbocycles. The van der Waals surface area contributed by atoms with Crippen LogP contribution >= 0.6 is 0 Å². The number of aromatic hydroxyl groups is 1. The van der Waals surface area contributed by atoms with Crippen LogP contribution in [0.15, 0.2) is 18.2 Å². The number of rotatable bonds is 5. The first kappa shape index (κ1) is 15.6. The van der Waals surface area contributed by atoms with E-state index >= 15 is 0 Å². The van der Waals surface area contributed by atoms with Gasteiger partial charge in [-0.25, -0.2) is 0 Å². The van der Waals surface area contributed by atoms with Crippen LogP contribution in [-0.2, 0) is 4.79 Å². The maximum atomic E-state index is 10.7. The zero-order valence-electron chi connectivity index (χ0n) is 12.5. The maximum Gasteiger partial charge on any atom is 0.305 e. The van der Waals surface area contributed by atoms with Crippen molar-refractivity contribution in [3.05, 3.63) is 23.8 Å². The third-order valence-electron chi connectivity index (χ3n) is 4.02. The highest BCUT2D eigenvalue weighted by Gasteiger charge is 2.32. The molecule has 116 valence electrons. The SMILES string of the molecule is CC1(C)CCC(Oc2cc(C(N)CC(=O)O)ccc2O)C1. The smallest absolute Gasteiger partial charge is 0.305 e. The van der Waals surface area contributed by atoms with E-state index in [2.05, 4.69) is 13.8 Å². The van der Waals surface area contributed by atoms with Crippen molar-refractivity contribution in [1.29, 1.82) is 0 Å². The van der Waals surface area contributed by atoms with E-state index in [1.165, 1.54) is 6.07 Å². The molecule has 0 amide bonds. The Morgan fingerprint density at radius 1 is 1.52 bits per heavy atom. The average molecular weight is 293 g/mol. The summed E-state index contributed by atoms with van der Waals surface area (Å²) in [6, 6.07) is 4.18. The van der Waals surface area contributed by atoms with Gasteiger partial charge in [-0.05, 0) is 42.4 Å². The molecule has 1 aromatic rings. The van der Waals surface area contributed by atoms with Gasteiger partial charge >= 0.3 is 5.97 Å². The van der Waals surface area contributed by atoms with Crippen molar-refractivity contribution in [2.45, 2.75) is 51.7 Å². The summed E-state index contributed by atoms with van der Waals surface area (Å²) in [5, 5.41) is 18.7. The summed E-state index contributed by atoms with van der Waals surface area (Å²) in [6.07, 6.45) is 2.92. The monoisotopic (exact) mass is 293 g/mol. The Kier molecular flexibility index (Phi) is 4.42. The largest absolute Gasteiger partial charge is 0.504 e. The summed E-state index contributed by atoms with van der Waals surface area (Å²) in [5.74, 6) is -0.502. The van der Waals surface area contributed by atoms with Crippen LogP contribution in [0.1, 0.15) is 51.1 Å². The van der Waals surface area contributed by atoms with Crippen molar-refractivity contribution >= 4 is 5.97 Å². The predicted molar refractivity (Wildman–Crippen MR) is 79.3 cm³/mol. The molecule has 0 heterocycles. The van der Waals surface area contributed by atoms with Crippen LogP contribution in [-0.4, -0.2) is 22.3 Å². The van der Waals surface area contributed by atoms with Crippen molar-refractivity contribution in [3.8, 4) is 11.5 Å². The van der Waals surface area contributed by atoms with Crippen LogP contribution in [0.5, 0.6) is 11.5 Å². The minimum absolute atomic E-state index is 0.0611. The predicted octanol–water partition coefficient (Wildman–Crippen LogP) is 2.82. The summed E-state index contributed by atoms with van der Waals surface area (Å²) in [6.45, 7) is 4.41. The number of carboxylic acid groups (broad SMARTS) is 1. The molecule has 1 aromatic carbocycles. The fraction of sp³-hybridized carbons (Fsp3) is 0.562. The molecule has 0 spiro atoms. The molecule has 1 saturated carbocycles. The zero-order valence-corrected chi connectivity index (χ0v) is 12.5. The van der Waals surface area contributed by atoms with Gasteiger partial charge in [-0.1, -0.05) is 19.9 Å². The molecule has 0 aromatic heterocycles. The van der Waals surface area contributed by atoms with E-state index in [0.717, 1.165) is 19.3 Å². The first-order valence-electron chi connectivity index (χ1n) is 7.24. The average Bonchev–Trinajstić information content (AvgIpc) is 2.70. The molecule has 21 heavy (non-hydrogen) atoms. The molecule has 2 rings (SSSR count). The molecule has 0 bridgehead atoms.